The van der Waals surface area contributed by atoms with Gasteiger partial charge in [-0.1, -0.05) is 34.1 Å². The fourth-order valence-electron chi connectivity index (χ4n) is 2.28. The van der Waals surface area contributed by atoms with Crippen molar-refractivity contribution in [2.75, 3.05) is 0 Å². The summed E-state index contributed by atoms with van der Waals surface area (Å²) in [5.41, 5.74) is 5.84. The van der Waals surface area contributed by atoms with Crippen LogP contribution >= 0.6 is 0 Å². The van der Waals surface area contributed by atoms with Gasteiger partial charge in [-0.15, -0.1) is 0 Å². The molecule has 0 rings (SSSR count). The highest BCUT2D eigenvalue weighted by atomic mass is 16.4. The van der Waals surface area contributed by atoms with Crippen LogP contribution in [0.25, 0.3) is 0 Å². The first-order valence-electron chi connectivity index (χ1n) is 8.80. The fraction of sp³-hybridized carbons (Fsp3) is 0.765. The molecule has 6 N–H and O–H groups in total. The fourth-order valence-corrected chi connectivity index (χ4v) is 2.28. The molecule has 2 amide bonds. The summed E-state index contributed by atoms with van der Waals surface area (Å²) in [5, 5.41) is 22.9. The van der Waals surface area contributed by atoms with E-state index in [9.17, 15) is 24.3 Å². The van der Waals surface area contributed by atoms with Crippen LogP contribution in [0.2, 0.25) is 0 Å². The zero-order valence-electron chi connectivity index (χ0n) is 15.8. The molecule has 0 saturated carbocycles. The molecule has 0 aromatic carbocycles. The molecule has 0 unspecified atom stereocenters. The lowest BCUT2D eigenvalue weighted by atomic mass is 9.98. The summed E-state index contributed by atoms with van der Waals surface area (Å²) < 4.78 is 0. The largest absolute Gasteiger partial charge is 0.481 e. The minimum Gasteiger partial charge on any atom is -0.481 e. The summed E-state index contributed by atoms with van der Waals surface area (Å²) in [5.74, 6) is -3.70. The molecule has 0 heterocycles. The standard InChI is InChI=1S/C17H31N3O6/c1-5-10(4)14(18)16(24)19-11(6-7-13(21)22)15(23)20-12(17(25)26)8-9(2)3/h9-12,14H,5-8,18H2,1-4H3,(H,19,24)(H,20,23)(H,21,22)(H,25,26)/t10-,11-,12-,14-/m0/s1. The maximum Gasteiger partial charge on any atom is 0.326 e. The molecule has 0 fully saturated rings. The third-order valence-corrected chi connectivity index (χ3v) is 4.16. The Hall–Kier alpha value is -2.16. The Labute approximate surface area is 153 Å². The van der Waals surface area contributed by atoms with Crippen molar-refractivity contribution in [1.29, 1.82) is 0 Å². The van der Waals surface area contributed by atoms with E-state index in [1.165, 1.54) is 0 Å². The second kappa shape index (κ2) is 11.5. The van der Waals surface area contributed by atoms with E-state index < -0.39 is 41.9 Å². The van der Waals surface area contributed by atoms with Crippen LogP contribution in [0.3, 0.4) is 0 Å². The molecule has 0 aromatic rings. The molecule has 0 aliphatic heterocycles. The topological polar surface area (TPSA) is 159 Å². The van der Waals surface area contributed by atoms with E-state index in [4.69, 9.17) is 10.8 Å². The van der Waals surface area contributed by atoms with Crippen molar-refractivity contribution < 1.29 is 29.4 Å². The second-order valence-electron chi connectivity index (χ2n) is 6.93. The maximum absolute atomic E-state index is 12.4. The van der Waals surface area contributed by atoms with Crippen molar-refractivity contribution in [3.05, 3.63) is 0 Å². The minimum absolute atomic E-state index is 0.0299. The Bertz CT molecular complexity index is 509. The number of rotatable bonds is 12. The van der Waals surface area contributed by atoms with Crippen molar-refractivity contribution in [1.82, 2.24) is 10.6 Å². The van der Waals surface area contributed by atoms with Crippen LogP contribution in [0.1, 0.15) is 53.4 Å². The molecular weight excluding hydrogens is 342 g/mol. The van der Waals surface area contributed by atoms with Gasteiger partial charge in [0.15, 0.2) is 0 Å². The van der Waals surface area contributed by atoms with Gasteiger partial charge < -0.3 is 26.6 Å². The molecule has 26 heavy (non-hydrogen) atoms. The highest BCUT2D eigenvalue weighted by Crippen LogP contribution is 2.09. The van der Waals surface area contributed by atoms with Gasteiger partial charge in [0.25, 0.3) is 0 Å². The van der Waals surface area contributed by atoms with Crippen LogP contribution in [0.15, 0.2) is 0 Å². The molecule has 0 aliphatic carbocycles. The molecule has 0 saturated heterocycles. The first-order chi connectivity index (χ1) is 12.0. The number of carboxylic acid groups (broad SMARTS) is 2. The van der Waals surface area contributed by atoms with Crippen molar-refractivity contribution in [3.63, 3.8) is 0 Å². The molecule has 4 atom stereocenters. The lowest BCUT2D eigenvalue weighted by Gasteiger charge is -2.24. The molecule has 0 aromatic heterocycles. The highest BCUT2D eigenvalue weighted by molar-refractivity contribution is 5.92. The Morgan fingerprint density at radius 2 is 1.50 bits per heavy atom. The molecule has 9 nitrogen and oxygen atoms in total. The van der Waals surface area contributed by atoms with Crippen LogP contribution in [-0.4, -0.2) is 52.1 Å². The number of carbonyl (C=O) groups excluding carboxylic acids is 2. The van der Waals surface area contributed by atoms with E-state index in [2.05, 4.69) is 10.6 Å². The van der Waals surface area contributed by atoms with Gasteiger partial charge in [0.1, 0.15) is 12.1 Å². The van der Waals surface area contributed by atoms with E-state index in [0.717, 1.165) is 0 Å². The van der Waals surface area contributed by atoms with E-state index in [-0.39, 0.29) is 31.1 Å². The molecule has 0 aliphatic rings. The smallest absolute Gasteiger partial charge is 0.326 e. The molecule has 150 valence electrons. The van der Waals surface area contributed by atoms with Crippen LogP contribution < -0.4 is 16.4 Å². The van der Waals surface area contributed by atoms with E-state index >= 15 is 0 Å². The third-order valence-electron chi connectivity index (χ3n) is 4.16. The van der Waals surface area contributed by atoms with Gasteiger partial charge in [0.05, 0.1) is 6.04 Å². The predicted octanol–water partition coefficient (Wildman–Crippen LogP) is 0.325. The molecule has 0 spiro atoms. The molecule has 0 radical (unpaired) electrons. The number of amides is 2. The van der Waals surface area contributed by atoms with Crippen molar-refractivity contribution >= 4 is 23.8 Å². The van der Waals surface area contributed by atoms with E-state index in [1.54, 1.807) is 6.92 Å². The zero-order chi connectivity index (χ0) is 20.4. The van der Waals surface area contributed by atoms with Gasteiger partial charge >= 0.3 is 11.9 Å². The monoisotopic (exact) mass is 373 g/mol. The van der Waals surface area contributed by atoms with Gasteiger partial charge in [-0.2, -0.15) is 0 Å². The number of carbonyl (C=O) groups is 4. The van der Waals surface area contributed by atoms with Gasteiger partial charge in [0.2, 0.25) is 11.8 Å². The number of hydrogen-bond acceptors (Lipinski definition) is 5. The number of hydrogen-bond donors (Lipinski definition) is 5. The quantitative estimate of drug-likeness (QED) is 0.329. The Morgan fingerprint density at radius 3 is 1.92 bits per heavy atom. The van der Waals surface area contributed by atoms with Gasteiger partial charge in [-0.25, -0.2) is 4.79 Å². The number of nitrogens with one attached hydrogen (secondary N) is 2. The average Bonchev–Trinajstić information content (AvgIpc) is 2.55. The SMILES string of the molecule is CC[C@H](C)[C@H](N)C(=O)N[C@@H](CCC(=O)O)C(=O)N[C@@H](CC(C)C)C(=O)O. The lowest BCUT2D eigenvalue weighted by molar-refractivity contribution is -0.143. The number of aliphatic carboxylic acids is 2. The van der Waals surface area contributed by atoms with Gasteiger partial charge in [0, 0.05) is 6.42 Å². The van der Waals surface area contributed by atoms with Crippen molar-refractivity contribution in [2.45, 2.75) is 71.5 Å². The van der Waals surface area contributed by atoms with Crippen LogP contribution in [0.4, 0.5) is 0 Å². The number of carboxylic acids is 2. The van der Waals surface area contributed by atoms with Crippen LogP contribution in [0.5, 0.6) is 0 Å². The maximum atomic E-state index is 12.4. The van der Waals surface area contributed by atoms with Crippen LogP contribution in [-0.2, 0) is 19.2 Å². The van der Waals surface area contributed by atoms with Gasteiger partial charge in [-0.3, -0.25) is 14.4 Å². The Balaban J connectivity index is 5.14. The molecule has 0 bridgehead atoms. The molecular formula is C17H31N3O6. The summed E-state index contributed by atoms with van der Waals surface area (Å²) in [6.45, 7) is 7.29. The van der Waals surface area contributed by atoms with Crippen molar-refractivity contribution in [3.8, 4) is 0 Å². The second-order valence-corrected chi connectivity index (χ2v) is 6.93. The summed E-state index contributed by atoms with van der Waals surface area (Å²) in [6, 6.07) is -3.12. The predicted molar refractivity (Wildman–Crippen MR) is 95.3 cm³/mol. The van der Waals surface area contributed by atoms with E-state index in [1.807, 2.05) is 20.8 Å². The third kappa shape index (κ3) is 8.80. The average molecular weight is 373 g/mol. The van der Waals surface area contributed by atoms with E-state index in [0.29, 0.717) is 6.42 Å². The summed E-state index contributed by atoms with van der Waals surface area (Å²) >= 11 is 0. The Morgan fingerprint density at radius 1 is 0.962 bits per heavy atom. The summed E-state index contributed by atoms with van der Waals surface area (Å²) in [4.78, 5) is 46.8. The number of nitrogens with two attached hydrogens (primary N) is 1. The first-order valence-corrected chi connectivity index (χ1v) is 8.80. The minimum atomic E-state index is -1.19. The van der Waals surface area contributed by atoms with Crippen LogP contribution in [0, 0.1) is 11.8 Å². The van der Waals surface area contributed by atoms with Gasteiger partial charge in [-0.05, 0) is 24.7 Å². The summed E-state index contributed by atoms with van der Waals surface area (Å²) in [7, 11) is 0. The normalized spacial score (nSPS) is 15.6. The highest BCUT2D eigenvalue weighted by Gasteiger charge is 2.29. The zero-order valence-corrected chi connectivity index (χ0v) is 15.8. The summed E-state index contributed by atoms with van der Waals surface area (Å²) in [6.07, 6.45) is 0.371. The first kappa shape index (κ1) is 23.8. The molecule has 9 heteroatoms. The van der Waals surface area contributed by atoms with Crippen molar-refractivity contribution in [2.24, 2.45) is 17.6 Å². The Kier molecular flexibility index (Phi) is 10.5. The lowest BCUT2D eigenvalue weighted by Crippen LogP contribution is -2.55.